The molecule has 0 atom stereocenters. The number of piperazine rings is 1. The van der Waals surface area contributed by atoms with Crippen molar-refractivity contribution in [1.29, 1.82) is 0 Å². The lowest BCUT2D eigenvalue weighted by atomic mass is 10.2. The van der Waals surface area contributed by atoms with E-state index in [4.69, 9.17) is 10.5 Å². The molecule has 1 aromatic rings. The van der Waals surface area contributed by atoms with E-state index in [-0.39, 0.29) is 6.09 Å². The second kappa shape index (κ2) is 5.20. The fourth-order valence-corrected chi connectivity index (χ4v) is 2.42. The van der Waals surface area contributed by atoms with Gasteiger partial charge in [-0.2, -0.15) is 0 Å². The molecule has 0 bridgehead atoms. The Kier molecular flexibility index (Phi) is 3.79. The van der Waals surface area contributed by atoms with Gasteiger partial charge in [-0.25, -0.2) is 4.79 Å². The molecule has 0 spiro atoms. The van der Waals surface area contributed by atoms with Crippen LogP contribution in [0.4, 0.5) is 15.1 Å². The van der Waals surface area contributed by atoms with Gasteiger partial charge in [0.1, 0.15) is 5.60 Å². The summed E-state index contributed by atoms with van der Waals surface area (Å²) in [6.45, 7) is 8.27. The zero-order valence-electron chi connectivity index (χ0n) is 11.4. The zero-order valence-corrected chi connectivity index (χ0v) is 12.2. The van der Waals surface area contributed by atoms with E-state index in [0.717, 1.165) is 5.13 Å². The molecule has 0 aliphatic carbocycles. The molecule has 1 aromatic heterocycles. The third-order valence-electron chi connectivity index (χ3n) is 2.63. The molecule has 0 saturated carbocycles. The van der Waals surface area contributed by atoms with Crippen molar-refractivity contribution in [3.63, 3.8) is 0 Å². The number of carbonyl (C=O) groups is 1. The first kappa shape index (κ1) is 13.9. The van der Waals surface area contributed by atoms with Crippen LogP contribution in [0, 0.1) is 0 Å². The van der Waals surface area contributed by atoms with Gasteiger partial charge in [0.05, 0.1) is 0 Å². The van der Waals surface area contributed by atoms with Crippen LogP contribution in [-0.4, -0.2) is 53.0 Å². The van der Waals surface area contributed by atoms with Crippen molar-refractivity contribution in [3.05, 3.63) is 0 Å². The molecule has 2 N–H and O–H groups in total. The molecular weight excluding hydrogens is 266 g/mol. The van der Waals surface area contributed by atoms with Gasteiger partial charge < -0.3 is 20.3 Å². The van der Waals surface area contributed by atoms with Crippen LogP contribution in [0.1, 0.15) is 20.8 Å². The highest BCUT2D eigenvalue weighted by molar-refractivity contribution is 7.18. The molecule has 8 heteroatoms. The van der Waals surface area contributed by atoms with Crippen molar-refractivity contribution in [2.24, 2.45) is 0 Å². The number of nitrogens with zero attached hydrogens (tertiary/aromatic N) is 4. The minimum Gasteiger partial charge on any atom is -0.444 e. The minimum atomic E-state index is -0.456. The Hall–Kier alpha value is -1.57. The quantitative estimate of drug-likeness (QED) is 0.834. The number of ether oxygens (including phenoxy) is 1. The largest absolute Gasteiger partial charge is 0.444 e. The Morgan fingerprint density at radius 1 is 1.26 bits per heavy atom. The zero-order chi connectivity index (χ0) is 14.0. The minimum absolute atomic E-state index is 0.260. The van der Waals surface area contributed by atoms with Gasteiger partial charge in [-0.15, -0.1) is 10.2 Å². The molecule has 1 saturated heterocycles. The van der Waals surface area contributed by atoms with E-state index in [1.165, 1.54) is 11.3 Å². The van der Waals surface area contributed by atoms with E-state index < -0.39 is 5.60 Å². The molecule has 1 amide bonds. The number of nitrogen functional groups attached to an aromatic ring is 1. The number of carbonyl (C=O) groups excluding carboxylic acids is 1. The SMILES string of the molecule is CC(C)(C)OC(=O)N1CCN(c2nnc(N)s2)CC1. The standard InChI is InChI=1S/C11H19N5O2S/c1-11(2,3)18-10(17)16-6-4-15(5-7-16)9-14-13-8(12)19-9/h4-7H2,1-3H3,(H2,12,13). The molecular formula is C11H19N5O2S. The lowest BCUT2D eigenvalue weighted by molar-refractivity contribution is 0.0240. The van der Waals surface area contributed by atoms with Crippen LogP contribution < -0.4 is 10.6 Å². The van der Waals surface area contributed by atoms with Gasteiger partial charge in [-0.05, 0) is 20.8 Å². The number of hydrogen-bond donors (Lipinski definition) is 1. The normalized spacial score (nSPS) is 16.6. The fraction of sp³-hybridized carbons (Fsp3) is 0.727. The smallest absolute Gasteiger partial charge is 0.410 e. The van der Waals surface area contributed by atoms with Crippen molar-refractivity contribution >= 4 is 27.7 Å². The van der Waals surface area contributed by atoms with Gasteiger partial charge in [0.2, 0.25) is 10.3 Å². The van der Waals surface area contributed by atoms with Crippen molar-refractivity contribution < 1.29 is 9.53 Å². The number of rotatable bonds is 1. The second-order valence-electron chi connectivity index (χ2n) is 5.38. The summed E-state index contributed by atoms with van der Waals surface area (Å²) in [5, 5.41) is 9.07. The van der Waals surface area contributed by atoms with Crippen LogP contribution in [0.15, 0.2) is 0 Å². The highest BCUT2D eigenvalue weighted by Gasteiger charge is 2.26. The van der Waals surface area contributed by atoms with E-state index in [1.54, 1.807) is 4.90 Å². The Bertz CT molecular complexity index is 448. The van der Waals surface area contributed by atoms with Crippen molar-refractivity contribution in [2.45, 2.75) is 26.4 Å². The van der Waals surface area contributed by atoms with Crippen molar-refractivity contribution in [1.82, 2.24) is 15.1 Å². The number of hydrogen-bond acceptors (Lipinski definition) is 7. The Morgan fingerprint density at radius 2 is 1.89 bits per heavy atom. The monoisotopic (exact) mass is 285 g/mol. The lowest BCUT2D eigenvalue weighted by Crippen LogP contribution is -2.50. The first-order valence-electron chi connectivity index (χ1n) is 6.17. The summed E-state index contributed by atoms with van der Waals surface area (Å²) in [5.41, 5.74) is 5.11. The Labute approximate surface area is 116 Å². The van der Waals surface area contributed by atoms with Crippen LogP contribution in [0.25, 0.3) is 0 Å². The molecule has 1 aliphatic heterocycles. The molecule has 7 nitrogen and oxygen atoms in total. The summed E-state index contributed by atoms with van der Waals surface area (Å²) < 4.78 is 5.35. The van der Waals surface area contributed by atoms with Crippen molar-refractivity contribution in [3.8, 4) is 0 Å². The number of nitrogens with two attached hydrogens (primary N) is 1. The lowest BCUT2D eigenvalue weighted by Gasteiger charge is -2.35. The molecule has 0 radical (unpaired) electrons. The predicted molar refractivity (Wildman–Crippen MR) is 74.3 cm³/mol. The van der Waals surface area contributed by atoms with Crippen LogP contribution in [0.5, 0.6) is 0 Å². The van der Waals surface area contributed by atoms with E-state index in [2.05, 4.69) is 15.1 Å². The molecule has 0 unspecified atom stereocenters. The fourth-order valence-electron chi connectivity index (χ4n) is 1.76. The average Bonchev–Trinajstić information content (AvgIpc) is 2.74. The highest BCUT2D eigenvalue weighted by atomic mass is 32.1. The maximum atomic E-state index is 11.9. The number of amides is 1. The maximum Gasteiger partial charge on any atom is 0.410 e. The van der Waals surface area contributed by atoms with E-state index in [1.807, 2.05) is 20.8 Å². The van der Waals surface area contributed by atoms with Crippen LogP contribution in [0.2, 0.25) is 0 Å². The molecule has 1 aliphatic rings. The molecule has 1 fully saturated rings. The Morgan fingerprint density at radius 3 is 2.37 bits per heavy atom. The third-order valence-corrected chi connectivity index (χ3v) is 3.45. The van der Waals surface area contributed by atoms with E-state index in [0.29, 0.717) is 31.3 Å². The summed E-state index contributed by atoms with van der Waals surface area (Å²) in [7, 11) is 0. The van der Waals surface area contributed by atoms with Crippen LogP contribution in [0.3, 0.4) is 0 Å². The molecule has 19 heavy (non-hydrogen) atoms. The second-order valence-corrected chi connectivity index (χ2v) is 6.36. The first-order chi connectivity index (χ1) is 8.85. The van der Waals surface area contributed by atoms with Gasteiger partial charge in [-0.1, -0.05) is 11.3 Å². The maximum absolute atomic E-state index is 11.9. The summed E-state index contributed by atoms with van der Waals surface area (Å²) >= 11 is 1.36. The topological polar surface area (TPSA) is 84.6 Å². The number of anilines is 2. The third kappa shape index (κ3) is 3.69. The summed E-state index contributed by atoms with van der Waals surface area (Å²) in [6, 6.07) is 0. The molecule has 0 aromatic carbocycles. The highest BCUT2D eigenvalue weighted by Crippen LogP contribution is 2.23. The van der Waals surface area contributed by atoms with E-state index in [9.17, 15) is 4.79 Å². The van der Waals surface area contributed by atoms with Gasteiger partial charge in [-0.3, -0.25) is 0 Å². The molecule has 2 rings (SSSR count). The Balaban J connectivity index is 1.87. The van der Waals surface area contributed by atoms with Gasteiger partial charge in [0, 0.05) is 26.2 Å². The van der Waals surface area contributed by atoms with E-state index >= 15 is 0 Å². The van der Waals surface area contributed by atoms with Gasteiger partial charge in [0.15, 0.2) is 0 Å². The predicted octanol–water partition coefficient (Wildman–Crippen LogP) is 1.18. The average molecular weight is 285 g/mol. The van der Waals surface area contributed by atoms with Crippen LogP contribution in [-0.2, 0) is 4.74 Å². The van der Waals surface area contributed by atoms with Crippen LogP contribution >= 0.6 is 11.3 Å². The molecule has 2 heterocycles. The first-order valence-corrected chi connectivity index (χ1v) is 6.99. The van der Waals surface area contributed by atoms with Gasteiger partial charge >= 0.3 is 6.09 Å². The molecule has 106 valence electrons. The summed E-state index contributed by atoms with van der Waals surface area (Å²) in [6.07, 6.45) is -0.260. The summed E-state index contributed by atoms with van der Waals surface area (Å²) in [5.74, 6) is 0. The number of aromatic nitrogens is 2. The van der Waals surface area contributed by atoms with Crippen molar-refractivity contribution in [2.75, 3.05) is 36.8 Å². The van der Waals surface area contributed by atoms with Gasteiger partial charge in [0.25, 0.3) is 0 Å². The summed E-state index contributed by atoms with van der Waals surface area (Å²) in [4.78, 5) is 15.7.